The first-order valence-corrected chi connectivity index (χ1v) is 14.8. The van der Waals surface area contributed by atoms with Gasteiger partial charge in [-0.25, -0.2) is 0 Å². The Kier molecular flexibility index (Phi) is 4.82. The summed E-state index contributed by atoms with van der Waals surface area (Å²) >= 11 is 0. The SMILES string of the molecule is CC(C)(O)[C@H]1O[C@@]23O[C@@H]1C[C@@H](CO)[C@@H]2[C@@]1(C)[C@H](O)C[C@@]24C[C@@]25CC[C@H](O)C(C)(C)[C@@H]5CC[C@H]4[C@]1(C)[C@H]3O. The van der Waals surface area contributed by atoms with Gasteiger partial charge in [0, 0.05) is 23.4 Å². The highest BCUT2D eigenvalue weighted by molar-refractivity contribution is 5.36. The predicted octanol–water partition coefficient (Wildman–Crippen LogP) is 2.60. The largest absolute Gasteiger partial charge is 0.396 e. The first-order valence-electron chi connectivity index (χ1n) is 14.8. The molecule has 7 rings (SSSR count). The number of fused-ring (bicyclic) bond motifs is 4. The van der Waals surface area contributed by atoms with Gasteiger partial charge in [-0.1, -0.05) is 27.7 Å². The molecule has 210 valence electrons. The molecule has 14 atom stereocenters. The van der Waals surface area contributed by atoms with Crippen molar-refractivity contribution in [3.8, 4) is 0 Å². The molecule has 0 aromatic rings. The second kappa shape index (κ2) is 6.95. The van der Waals surface area contributed by atoms with E-state index < -0.39 is 46.6 Å². The Morgan fingerprint density at radius 3 is 2.19 bits per heavy atom. The van der Waals surface area contributed by atoms with Crippen LogP contribution in [0.1, 0.15) is 86.5 Å². The third-order valence-electron chi connectivity index (χ3n) is 14.3. The van der Waals surface area contributed by atoms with E-state index in [1.54, 1.807) is 13.8 Å². The molecule has 5 aliphatic carbocycles. The standard InChI is InChI=1S/C30H48O7/c1-24(2)17-7-8-18-26(5)23(34)30-21(15(13-31)11-16(36-30)22(37-30)25(3,4)35)27(26,6)20(33)12-29(18)14-28(17,29)10-9-19(24)32/h15-23,31-35H,7-14H2,1-6H3/t15-,16+,17-,18-,19-,20+,21+,22-,23+,26+,27+,28+,29-,30-/m0/s1. The van der Waals surface area contributed by atoms with Crippen LogP contribution in [0.15, 0.2) is 0 Å². The predicted molar refractivity (Wildman–Crippen MR) is 135 cm³/mol. The van der Waals surface area contributed by atoms with E-state index in [0.29, 0.717) is 18.8 Å². The molecule has 0 aromatic carbocycles. The van der Waals surface area contributed by atoms with Crippen LogP contribution >= 0.6 is 0 Å². The normalized spacial score (nSPS) is 63.2. The summed E-state index contributed by atoms with van der Waals surface area (Å²) < 4.78 is 13.3. The van der Waals surface area contributed by atoms with Crippen LogP contribution in [0.4, 0.5) is 0 Å². The fraction of sp³-hybridized carbons (Fsp3) is 1.00. The third kappa shape index (κ3) is 2.49. The summed E-state index contributed by atoms with van der Waals surface area (Å²) in [4.78, 5) is 0. The third-order valence-corrected chi connectivity index (χ3v) is 14.3. The minimum Gasteiger partial charge on any atom is -0.396 e. The summed E-state index contributed by atoms with van der Waals surface area (Å²) in [5.74, 6) is -1.32. The highest BCUT2D eigenvalue weighted by atomic mass is 16.8. The zero-order chi connectivity index (χ0) is 26.8. The molecule has 5 saturated carbocycles. The van der Waals surface area contributed by atoms with Crippen molar-refractivity contribution in [2.45, 2.75) is 128 Å². The van der Waals surface area contributed by atoms with Crippen molar-refractivity contribution < 1.29 is 35.0 Å². The van der Waals surface area contributed by atoms with E-state index in [0.717, 1.165) is 32.1 Å². The molecular formula is C30H48O7. The first kappa shape index (κ1) is 25.7. The quantitative estimate of drug-likeness (QED) is 0.380. The van der Waals surface area contributed by atoms with Crippen LogP contribution in [0.2, 0.25) is 0 Å². The number of ether oxygens (including phenoxy) is 2. The van der Waals surface area contributed by atoms with Gasteiger partial charge in [0.05, 0.1) is 23.9 Å². The highest BCUT2D eigenvalue weighted by Gasteiger charge is 2.89. The molecule has 0 aromatic heterocycles. The minimum atomic E-state index is -1.35. The average molecular weight is 521 g/mol. The van der Waals surface area contributed by atoms with Gasteiger partial charge in [-0.15, -0.1) is 0 Å². The minimum absolute atomic E-state index is 0.0610. The van der Waals surface area contributed by atoms with E-state index in [1.165, 1.54) is 0 Å². The first-order chi connectivity index (χ1) is 17.1. The Bertz CT molecular complexity index is 1010. The van der Waals surface area contributed by atoms with E-state index in [1.807, 2.05) is 0 Å². The second-order valence-corrected chi connectivity index (χ2v) is 16.0. The summed E-state index contributed by atoms with van der Waals surface area (Å²) in [7, 11) is 0. The van der Waals surface area contributed by atoms with Crippen molar-refractivity contribution in [1.29, 1.82) is 0 Å². The molecular weight excluding hydrogens is 472 g/mol. The monoisotopic (exact) mass is 520 g/mol. The molecule has 7 aliphatic rings. The molecule has 2 heterocycles. The molecule has 37 heavy (non-hydrogen) atoms. The number of aliphatic hydroxyl groups excluding tert-OH is 4. The van der Waals surface area contributed by atoms with E-state index in [9.17, 15) is 25.5 Å². The Balaban J connectivity index is 1.36. The topological polar surface area (TPSA) is 120 Å². The maximum absolute atomic E-state index is 12.5. The van der Waals surface area contributed by atoms with Gasteiger partial charge in [0.15, 0.2) is 5.79 Å². The van der Waals surface area contributed by atoms with Gasteiger partial charge in [0.1, 0.15) is 12.2 Å². The lowest BCUT2D eigenvalue weighted by Crippen LogP contribution is -2.64. The molecule has 0 unspecified atom stereocenters. The zero-order valence-electron chi connectivity index (χ0n) is 23.4. The van der Waals surface area contributed by atoms with Crippen LogP contribution in [0.25, 0.3) is 0 Å². The summed E-state index contributed by atoms with van der Waals surface area (Å²) in [6, 6.07) is 0. The Labute approximate surface area is 220 Å². The van der Waals surface area contributed by atoms with E-state index >= 15 is 0 Å². The van der Waals surface area contributed by atoms with Crippen molar-refractivity contribution in [2.24, 2.45) is 50.7 Å². The molecule has 7 heteroatoms. The van der Waals surface area contributed by atoms with Gasteiger partial charge >= 0.3 is 0 Å². The Hall–Kier alpha value is -0.280. The Morgan fingerprint density at radius 1 is 0.865 bits per heavy atom. The van der Waals surface area contributed by atoms with Crippen LogP contribution in [0, 0.1) is 50.7 Å². The highest BCUT2D eigenvalue weighted by Crippen LogP contribution is 2.90. The van der Waals surface area contributed by atoms with Crippen LogP contribution in [-0.2, 0) is 9.47 Å². The fourth-order valence-corrected chi connectivity index (χ4v) is 12.6. The van der Waals surface area contributed by atoms with E-state index in [2.05, 4.69) is 27.7 Å². The van der Waals surface area contributed by atoms with Crippen molar-refractivity contribution >= 4 is 0 Å². The van der Waals surface area contributed by atoms with Crippen molar-refractivity contribution in [2.75, 3.05) is 6.61 Å². The molecule has 7 nitrogen and oxygen atoms in total. The molecule has 0 amide bonds. The number of hydrogen-bond donors (Lipinski definition) is 5. The maximum Gasteiger partial charge on any atom is 0.199 e. The lowest BCUT2D eigenvalue weighted by atomic mass is 9.40. The van der Waals surface area contributed by atoms with Gasteiger partial charge in [-0.2, -0.15) is 0 Å². The average Bonchev–Trinajstić information content (AvgIpc) is 3.32. The van der Waals surface area contributed by atoms with Gasteiger partial charge in [-0.3, -0.25) is 0 Å². The lowest BCUT2D eigenvalue weighted by Gasteiger charge is -2.64. The molecule has 2 aliphatic heterocycles. The maximum atomic E-state index is 12.5. The molecule has 5 N–H and O–H groups in total. The van der Waals surface area contributed by atoms with Crippen molar-refractivity contribution in [3.63, 3.8) is 0 Å². The van der Waals surface area contributed by atoms with Crippen LogP contribution in [0.3, 0.4) is 0 Å². The lowest BCUT2D eigenvalue weighted by molar-refractivity contribution is -0.286. The van der Waals surface area contributed by atoms with Crippen molar-refractivity contribution in [1.82, 2.24) is 0 Å². The Morgan fingerprint density at radius 2 is 1.54 bits per heavy atom. The molecule has 3 spiro atoms. The zero-order valence-corrected chi connectivity index (χ0v) is 23.4. The summed E-state index contributed by atoms with van der Waals surface area (Å²) in [5, 5.41) is 57.2. The molecule has 2 saturated heterocycles. The van der Waals surface area contributed by atoms with Crippen LogP contribution in [-0.4, -0.2) is 74.0 Å². The molecule has 2 bridgehead atoms. The number of hydrogen-bond acceptors (Lipinski definition) is 7. The van der Waals surface area contributed by atoms with Crippen LogP contribution in [0.5, 0.6) is 0 Å². The van der Waals surface area contributed by atoms with Crippen molar-refractivity contribution in [3.05, 3.63) is 0 Å². The van der Waals surface area contributed by atoms with Gasteiger partial charge < -0.3 is 35.0 Å². The number of aliphatic hydroxyl groups is 5. The van der Waals surface area contributed by atoms with Gasteiger partial charge in [-0.05, 0) is 92.8 Å². The summed E-state index contributed by atoms with van der Waals surface area (Å²) in [6.45, 7) is 12.1. The van der Waals surface area contributed by atoms with E-state index in [-0.39, 0.29) is 46.7 Å². The number of rotatable bonds is 2. The molecule has 7 fully saturated rings. The summed E-state index contributed by atoms with van der Waals surface area (Å²) in [5.41, 5.74) is -2.68. The molecule has 0 radical (unpaired) electrons. The second-order valence-electron chi connectivity index (χ2n) is 16.0. The van der Waals surface area contributed by atoms with Gasteiger partial charge in [0.2, 0.25) is 0 Å². The van der Waals surface area contributed by atoms with Gasteiger partial charge in [0.25, 0.3) is 0 Å². The summed E-state index contributed by atoms with van der Waals surface area (Å²) in [6.07, 6.45) is 3.07. The van der Waals surface area contributed by atoms with Crippen LogP contribution < -0.4 is 0 Å². The smallest absolute Gasteiger partial charge is 0.199 e. The van der Waals surface area contributed by atoms with E-state index in [4.69, 9.17) is 9.47 Å². The fourth-order valence-electron chi connectivity index (χ4n) is 12.6.